The third kappa shape index (κ3) is 4.35. The van der Waals surface area contributed by atoms with Crippen molar-refractivity contribution in [1.29, 1.82) is 0 Å². The third-order valence-corrected chi connectivity index (χ3v) is 1.34. The molecule has 0 aromatic rings. The Morgan fingerprint density at radius 2 is 2.15 bits per heavy atom. The van der Waals surface area contributed by atoms with Gasteiger partial charge >= 0.3 is 5.97 Å². The van der Waals surface area contributed by atoms with Crippen LogP contribution in [0.2, 0.25) is 0 Å². The van der Waals surface area contributed by atoms with E-state index in [0.29, 0.717) is 6.61 Å². The number of carbonyl (C=O) groups is 1. The Kier molecular flexibility index (Phi) is 4.89. The summed E-state index contributed by atoms with van der Waals surface area (Å²) in [6.45, 7) is 8.90. The van der Waals surface area contributed by atoms with Crippen LogP contribution in [-0.4, -0.2) is 18.2 Å². The van der Waals surface area contributed by atoms with E-state index in [9.17, 15) is 4.79 Å². The molecule has 0 bridgehead atoms. The summed E-state index contributed by atoms with van der Waals surface area (Å²) in [5, 5.41) is 0. The van der Waals surface area contributed by atoms with Gasteiger partial charge < -0.3 is 9.47 Å². The van der Waals surface area contributed by atoms with Crippen LogP contribution < -0.4 is 0 Å². The number of hydrogen-bond donors (Lipinski definition) is 0. The van der Waals surface area contributed by atoms with Crippen LogP contribution in [0.1, 0.15) is 20.8 Å². The van der Waals surface area contributed by atoms with E-state index in [1.165, 1.54) is 6.26 Å². The van der Waals surface area contributed by atoms with Gasteiger partial charge in [-0.15, -0.1) is 0 Å². The molecule has 0 atom stereocenters. The van der Waals surface area contributed by atoms with Crippen molar-refractivity contribution in [2.75, 3.05) is 6.61 Å². The number of rotatable bonds is 5. The predicted octanol–water partition coefficient (Wildman–Crippen LogP) is 2.04. The first-order valence-electron chi connectivity index (χ1n) is 4.17. The lowest BCUT2D eigenvalue weighted by Crippen LogP contribution is -2.35. The van der Waals surface area contributed by atoms with E-state index >= 15 is 0 Å². The first-order chi connectivity index (χ1) is 6.04. The average molecular weight is 184 g/mol. The molecule has 0 rings (SSSR count). The number of ether oxygens (including phenoxy) is 2. The number of carbonyl (C=O) groups excluding carboxylic acids is 1. The zero-order chi connectivity index (χ0) is 10.3. The Hall–Kier alpha value is -1.25. The molecular weight excluding hydrogens is 168 g/mol. The summed E-state index contributed by atoms with van der Waals surface area (Å²) in [7, 11) is 0. The molecule has 0 fully saturated rings. The van der Waals surface area contributed by atoms with Crippen molar-refractivity contribution in [1.82, 2.24) is 0 Å². The number of hydrogen-bond acceptors (Lipinski definition) is 3. The molecule has 0 unspecified atom stereocenters. The van der Waals surface area contributed by atoms with Crippen LogP contribution in [0.3, 0.4) is 0 Å². The molecule has 0 radical (unpaired) electrons. The van der Waals surface area contributed by atoms with Crippen LogP contribution in [0.4, 0.5) is 0 Å². The third-order valence-electron chi connectivity index (χ3n) is 1.34. The molecule has 0 aliphatic heterocycles. The Bertz CT molecular complexity index is 204. The Morgan fingerprint density at radius 3 is 2.62 bits per heavy atom. The maximum absolute atomic E-state index is 11.3. The molecule has 74 valence electrons. The van der Waals surface area contributed by atoms with Crippen LogP contribution in [0.15, 0.2) is 25.0 Å². The van der Waals surface area contributed by atoms with Crippen molar-refractivity contribution in [3.05, 3.63) is 25.0 Å². The minimum Gasteiger partial charge on any atom is -0.484 e. The average Bonchev–Trinajstić information content (AvgIpc) is 2.05. The van der Waals surface area contributed by atoms with Crippen molar-refractivity contribution >= 4 is 5.97 Å². The highest BCUT2D eigenvalue weighted by Crippen LogP contribution is 2.11. The Balaban J connectivity index is 4.12. The van der Waals surface area contributed by atoms with Crippen LogP contribution in [-0.2, 0) is 14.3 Å². The molecule has 0 aromatic carbocycles. The van der Waals surface area contributed by atoms with Gasteiger partial charge in [0.15, 0.2) is 5.60 Å². The van der Waals surface area contributed by atoms with Gasteiger partial charge in [0.25, 0.3) is 0 Å². The lowest BCUT2D eigenvalue weighted by atomic mass is 10.1. The molecule has 0 aliphatic rings. The van der Waals surface area contributed by atoms with Gasteiger partial charge in [0.05, 0.1) is 12.9 Å². The molecule has 0 saturated heterocycles. The molecule has 0 spiro atoms. The maximum atomic E-state index is 11.3. The summed E-state index contributed by atoms with van der Waals surface area (Å²) in [4.78, 5) is 11.3. The van der Waals surface area contributed by atoms with Crippen LogP contribution in [0.5, 0.6) is 0 Å². The van der Waals surface area contributed by atoms with Gasteiger partial charge in [-0.1, -0.05) is 12.7 Å². The fraction of sp³-hybridized carbons (Fsp3) is 0.500. The number of esters is 1. The molecule has 0 amide bonds. The molecule has 0 saturated carbocycles. The molecular formula is C10H16O3. The quantitative estimate of drug-likeness (QED) is 0.372. The van der Waals surface area contributed by atoms with Crippen LogP contribution >= 0.6 is 0 Å². The second-order valence-electron chi connectivity index (χ2n) is 2.91. The second-order valence-corrected chi connectivity index (χ2v) is 2.91. The van der Waals surface area contributed by atoms with E-state index in [1.54, 1.807) is 32.9 Å². The summed E-state index contributed by atoms with van der Waals surface area (Å²) < 4.78 is 9.97. The lowest BCUT2D eigenvalue weighted by Gasteiger charge is -2.21. The van der Waals surface area contributed by atoms with Gasteiger partial charge in [0.2, 0.25) is 0 Å². The van der Waals surface area contributed by atoms with Crippen molar-refractivity contribution in [3.8, 4) is 0 Å². The summed E-state index contributed by atoms with van der Waals surface area (Å²) in [6.07, 6.45) is 4.60. The molecule has 3 nitrogen and oxygen atoms in total. The zero-order valence-corrected chi connectivity index (χ0v) is 8.37. The van der Waals surface area contributed by atoms with Crippen molar-refractivity contribution in [2.45, 2.75) is 26.4 Å². The highest BCUT2D eigenvalue weighted by atomic mass is 16.6. The highest BCUT2D eigenvalue weighted by Gasteiger charge is 2.29. The summed E-state index contributed by atoms with van der Waals surface area (Å²) in [5.74, 6) is -0.372. The molecule has 0 N–H and O–H groups in total. The molecule has 0 aromatic heterocycles. The topological polar surface area (TPSA) is 35.5 Å². The highest BCUT2D eigenvalue weighted by molar-refractivity contribution is 5.78. The van der Waals surface area contributed by atoms with Crippen LogP contribution in [0, 0.1) is 0 Å². The molecule has 0 aliphatic carbocycles. The van der Waals surface area contributed by atoms with Crippen molar-refractivity contribution in [3.63, 3.8) is 0 Å². The minimum absolute atomic E-state index is 0.358. The normalized spacial score (nSPS) is 11.3. The summed E-state index contributed by atoms with van der Waals surface area (Å²) in [6, 6.07) is 0. The van der Waals surface area contributed by atoms with Gasteiger partial charge in [0.1, 0.15) is 0 Å². The van der Waals surface area contributed by atoms with E-state index in [-0.39, 0.29) is 5.97 Å². The largest absolute Gasteiger partial charge is 0.484 e. The molecule has 3 heteroatoms. The van der Waals surface area contributed by atoms with Gasteiger partial charge in [-0.3, -0.25) is 0 Å². The predicted molar refractivity (Wildman–Crippen MR) is 51.1 cm³/mol. The van der Waals surface area contributed by atoms with E-state index in [0.717, 1.165) is 0 Å². The zero-order valence-electron chi connectivity index (χ0n) is 8.37. The fourth-order valence-electron chi connectivity index (χ4n) is 0.618. The first kappa shape index (κ1) is 11.8. The number of allylic oxidation sites excluding steroid dienone is 2. The van der Waals surface area contributed by atoms with Gasteiger partial charge in [-0.25, -0.2) is 4.79 Å². The van der Waals surface area contributed by atoms with E-state index in [1.807, 2.05) is 0 Å². The fourth-order valence-corrected chi connectivity index (χ4v) is 0.618. The smallest absolute Gasteiger partial charge is 0.349 e. The van der Waals surface area contributed by atoms with Gasteiger partial charge in [-0.05, 0) is 26.8 Å². The van der Waals surface area contributed by atoms with Crippen molar-refractivity contribution in [2.24, 2.45) is 0 Å². The van der Waals surface area contributed by atoms with Gasteiger partial charge in [0, 0.05) is 0 Å². The standard InChI is InChI=1S/C10H16O3/c1-5-7-8-13-10(3,4)9(11)12-6-2/h5,7-8H,1,6H2,2-4H3/b8-7+. The van der Waals surface area contributed by atoms with Crippen LogP contribution in [0.25, 0.3) is 0 Å². The lowest BCUT2D eigenvalue weighted by molar-refractivity contribution is -0.161. The SMILES string of the molecule is C=C/C=C/OC(C)(C)C(=O)OCC. The van der Waals surface area contributed by atoms with E-state index in [4.69, 9.17) is 9.47 Å². The first-order valence-corrected chi connectivity index (χ1v) is 4.17. The van der Waals surface area contributed by atoms with Gasteiger partial charge in [-0.2, -0.15) is 0 Å². The molecule has 13 heavy (non-hydrogen) atoms. The minimum atomic E-state index is -0.935. The second kappa shape index (κ2) is 5.41. The Morgan fingerprint density at radius 1 is 1.54 bits per heavy atom. The Labute approximate surface area is 79.0 Å². The summed E-state index contributed by atoms with van der Waals surface area (Å²) in [5.41, 5.74) is -0.935. The van der Waals surface area contributed by atoms with E-state index in [2.05, 4.69) is 6.58 Å². The van der Waals surface area contributed by atoms with Crippen molar-refractivity contribution < 1.29 is 14.3 Å². The maximum Gasteiger partial charge on any atom is 0.349 e. The molecule has 0 heterocycles. The van der Waals surface area contributed by atoms with E-state index < -0.39 is 5.60 Å². The monoisotopic (exact) mass is 184 g/mol. The summed E-state index contributed by atoms with van der Waals surface area (Å²) >= 11 is 0.